The molecule has 0 bridgehead atoms. The molecule has 0 spiro atoms. The van der Waals surface area contributed by atoms with Crippen LogP contribution in [0.1, 0.15) is 98.8 Å². The maximum atomic E-state index is 13.0. The van der Waals surface area contributed by atoms with Crippen molar-refractivity contribution in [2.45, 2.75) is 105 Å². The lowest BCUT2D eigenvalue weighted by atomic mass is 9.46. The van der Waals surface area contributed by atoms with Gasteiger partial charge >= 0.3 is 6.09 Å². The van der Waals surface area contributed by atoms with E-state index in [0.717, 1.165) is 44.4 Å². The zero-order valence-electron chi connectivity index (χ0n) is 25.1. The van der Waals surface area contributed by atoms with Gasteiger partial charge < -0.3 is 16.0 Å². The molecule has 3 saturated carbocycles. The molecule has 4 aliphatic carbocycles. The molecule has 7 atom stereocenters. The van der Waals surface area contributed by atoms with Crippen LogP contribution in [-0.4, -0.2) is 54.7 Å². The number of nitrogens with two attached hydrogens (primary N) is 1. The highest BCUT2D eigenvalue weighted by Gasteiger charge is 2.59. The molecule has 0 aromatic rings. The van der Waals surface area contributed by atoms with Crippen molar-refractivity contribution in [1.29, 1.82) is 0 Å². The van der Waals surface area contributed by atoms with Crippen LogP contribution in [0.2, 0.25) is 0 Å². The van der Waals surface area contributed by atoms with Gasteiger partial charge in [-0.05, 0) is 105 Å². The van der Waals surface area contributed by atoms with E-state index in [-0.39, 0.29) is 16.9 Å². The number of amides is 1. The quantitative estimate of drug-likeness (QED) is 0.246. The zero-order valence-corrected chi connectivity index (χ0v) is 25.1. The minimum Gasteiger partial charge on any atom is -0.329 e. The molecule has 0 aromatic carbocycles. The van der Waals surface area contributed by atoms with Crippen molar-refractivity contribution in [2.75, 3.05) is 26.2 Å². The molecule has 218 valence electrons. The lowest BCUT2D eigenvalue weighted by Gasteiger charge is -2.58. The second-order valence-corrected chi connectivity index (χ2v) is 14.7. The van der Waals surface area contributed by atoms with Gasteiger partial charge in [-0.15, -0.1) is 0 Å². The van der Waals surface area contributed by atoms with Crippen molar-refractivity contribution in [3.63, 3.8) is 0 Å². The largest absolute Gasteiger partial charge is 0.436 e. The van der Waals surface area contributed by atoms with Crippen LogP contribution in [0.4, 0.5) is 4.79 Å². The summed E-state index contributed by atoms with van der Waals surface area (Å²) in [6.45, 7) is 14.1. The van der Waals surface area contributed by atoms with Gasteiger partial charge in [-0.25, -0.2) is 4.79 Å². The smallest absolute Gasteiger partial charge is 0.329 e. The molecule has 5 aliphatic rings. The number of hydrogen-bond acceptors (Lipinski definition) is 6. The average molecular weight is 541 g/mol. The Labute approximate surface area is 235 Å². The van der Waals surface area contributed by atoms with Crippen LogP contribution in [0.3, 0.4) is 0 Å². The van der Waals surface area contributed by atoms with Crippen LogP contribution < -0.4 is 11.1 Å². The third-order valence-corrected chi connectivity index (χ3v) is 11.8. The van der Waals surface area contributed by atoms with Crippen LogP contribution in [0, 0.1) is 39.9 Å². The Bertz CT molecular complexity index is 1020. The Morgan fingerprint density at radius 2 is 1.90 bits per heavy atom. The summed E-state index contributed by atoms with van der Waals surface area (Å²) in [5.74, 6) is 2.75. The van der Waals surface area contributed by atoms with Crippen molar-refractivity contribution in [3.05, 3.63) is 11.6 Å². The van der Waals surface area contributed by atoms with Gasteiger partial charge in [0.05, 0.1) is 5.71 Å². The van der Waals surface area contributed by atoms with Crippen LogP contribution in [0.15, 0.2) is 16.8 Å². The minimum atomic E-state index is -0.383. The summed E-state index contributed by atoms with van der Waals surface area (Å²) in [5, 5.41) is 8.05. The van der Waals surface area contributed by atoms with E-state index < -0.39 is 0 Å². The minimum absolute atomic E-state index is 0.196. The Hall–Kier alpha value is -1.73. The SMILES string of the molecule is C/C(=N\OC(=O)N(CCN)CCC1CC(C)(C)CN1)[C@H]1CC[C@H]2[C@@H]3CCC4=CC(=O)CC[C@]4(C)[C@H]3CC[C@]12C. The highest BCUT2D eigenvalue weighted by Crippen LogP contribution is 2.66. The average Bonchev–Trinajstić information content (AvgIpc) is 3.43. The number of ketones is 1. The molecule has 5 rings (SSSR count). The molecule has 0 aromatic heterocycles. The summed E-state index contributed by atoms with van der Waals surface area (Å²) in [6.07, 6.45) is 12.4. The van der Waals surface area contributed by atoms with Gasteiger partial charge in [0.15, 0.2) is 5.78 Å². The van der Waals surface area contributed by atoms with E-state index in [2.05, 4.69) is 45.1 Å². The van der Waals surface area contributed by atoms with Crippen molar-refractivity contribution in [2.24, 2.45) is 50.8 Å². The number of hydrogen-bond donors (Lipinski definition) is 2. The van der Waals surface area contributed by atoms with Gasteiger partial charge in [-0.3, -0.25) is 9.63 Å². The molecule has 7 heteroatoms. The number of fused-ring (bicyclic) bond motifs is 5. The third-order valence-electron chi connectivity index (χ3n) is 11.8. The molecule has 1 unspecified atom stereocenters. The van der Waals surface area contributed by atoms with Crippen molar-refractivity contribution in [1.82, 2.24) is 10.2 Å². The highest BCUT2D eigenvalue weighted by atomic mass is 16.7. The van der Waals surface area contributed by atoms with Crippen LogP contribution in [0.25, 0.3) is 0 Å². The summed E-state index contributed by atoms with van der Waals surface area (Å²) in [7, 11) is 0. The van der Waals surface area contributed by atoms with Gasteiger partial charge in [0.25, 0.3) is 0 Å². The Kier molecular flexibility index (Phi) is 8.06. The monoisotopic (exact) mass is 540 g/mol. The van der Waals surface area contributed by atoms with Crippen LogP contribution in [0.5, 0.6) is 0 Å². The number of oxime groups is 1. The lowest BCUT2D eigenvalue weighted by molar-refractivity contribution is -0.117. The Morgan fingerprint density at radius 3 is 2.62 bits per heavy atom. The molecule has 7 nitrogen and oxygen atoms in total. The zero-order chi connectivity index (χ0) is 28.0. The number of nitrogens with zero attached hydrogens (tertiary/aromatic N) is 2. The number of nitrogens with one attached hydrogen (secondary N) is 1. The van der Waals surface area contributed by atoms with Gasteiger partial charge in [0, 0.05) is 44.6 Å². The van der Waals surface area contributed by atoms with E-state index in [1.807, 2.05) is 6.08 Å². The topological polar surface area (TPSA) is 97.0 Å². The predicted octanol–water partition coefficient (Wildman–Crippen LogP) is 5.69. The first-order valence-electron chi connectivity index (χ1n) is 15.6. The van der Waals surface area contributed by atoms with Gasteiger partial charge in [-0.2, -0.15) is 0 Å². The normalized spacial score (nSPS) is 39.4. The molecule has 0 radical (unpaired) electrons. The summed E-state index contributed by atoms with van der Waals surface area (Å²) in [6, 6.07) is 0.423. The van der Waals surface area contributed by atoms with Crippen molar-refractivity contribution in [3.8, 4) is 0 Å². The van der Waals surface area contributed by atoms with Gasteiger partial charge in [0.1, 0.15) is 0 Å². The first kappa shape index (κ1) is 28.8. The number of allylic oxidation sites excluding steroid dienone is 1. The summed E-state index contributed by atoms with van der Waals surface area (Å²) in [5.41, 5.74) is 8.92. The molecule has 1 aliphatic heterocycles. The van der Waals surface area contributed by atoms with E-state index in [1.54, 1.807) is 4.90 Å². The maximum Gasteiger partial charge on any atom is 0.436 e. The van der Waals surface area contributed by atoms with Crippen LogP contribution >= 0.6 is 0 Å². The number of carbonyl (C=O) groups is 2. The molecule has 1 heterocycles. The lowest BCUT2D eigenvalue weighted by Crippen LogP contribution is -2.51. The molecule has 3 N–H and O–H groups in total. The predicted molar refractivity (Wildman–Crippen MR) is 155 cm³/mol. The fourth-order valence-corrected chi connectivity index (χ4v) is 9.68. The standard InChI is InChI=1S/C32H52N4O3/c1-21(35-39-29(38)36(17-15-33)16-12-23-19-30(2,3)20-34-23)26-8-9-27-25-7-6-22-18-24(37)10-13-31(22,4)28(25)11-14-32(26,27)5/h18,23,25-28,34H,6-17,19-20,33H2,1-5H3/b35-21+/t23?,25-,26+,27-,28-,31-,32+/m0/s1. The molecule has 4 fully saturated rings. The van der Waals surface area contributed by atoms with Gasteiger partial charge in [0.2, 0.25) is 0 Å². The molecule has 39 heavy (non-hydrogen) atoms. The summed E-state index contributed by atoms with van der Waals surface area (Å²) in [4.78, 5) is 32.5. The van der Waals surface area contributed by atoms with Crippen LogP contribution in [-0.2, 0) is 9.63 Å². The summed E-state index contributed by atoms with van der Waals surface area (Å²) < 4.78 is 0. The fraction of sp³-hybridized carbons (Fsp3) is 0.844. The maximum absolute atomic E-state index is 13.0. The van der Waals surface area contributed by atoms with E-state index in [9.17, 15) is 9.59 Å². The van der Waals surface area contributed by atoms with E-state index in [1.165, 1.54) is 31.3 Å². The van der Waals surface area contributed by atoms with E-state index in [4.69, 9.17) is 10.6 Å². The van der Waals surface area contributed by atoms with Gasteiger partial charge in [-0.1, -0.05) is 38.4 Å². The first-order valence-corrected chi connectivity index (χ1v) is 15.6. The molecule has 1 amide bonds. The summed E-state index contributed by atoms with van der Waals surface area (Å²) >= 11 is 0. The Balaban J connectivity index is 1.21. The Morgan fingerprint density at radius 1 is 1.10 bits per heavy atom. The van der Waals surface area contributed by atoms with E-state index in [0.29, 0.717) is 67.0 Å². The third kappa shape index (κ3) is 5.47. The second kappa shape index (κ2) is 10.9. The molecule has 1 saturated heterocycles. The van der Waals surface area contributed by atoms with Crippen molar-refractivity contribution < 1.29 is 14.4 Å². The number of rotatable bonds is 7. The highest BCUT2D eigenvalue weighted by molar-refractivity contribution is 5.91. The van der Waals surface area contributed by atoms with Crippen molar-refractivity contribution >= 4 is 17.6 Å². The van der Waals surface area contributed by atoms with E-state index >= 15 is 0 Å². The fourth-order valence-electron chi connectivity index (χ4n) is 9.68. The first-order chi connectivity index (χ1) is 18.5. The molecular formula is C32H52N4O3. The molecular weight excluding hydrogens is 488 g/mol. The number of carbonyl (C=O) groups excluding carboxylic acids is 2. The second-order valence-electron chi connectivity index (χ2n) is 14.7.